The average Bonchev–Trinajstić information content (AvgIpc) is 2.78. The Morgan fingerprint density at radius 1 is 1.41 bits per heavy atom. The van der Waals surface area contributed by atoms with Gasteiger partial charge in [0.05, 0.1) is 6.20 Å². The first-order valence-electron chi connectivity index (χ1n) is 5.31. The second-order valence-corrected chi connectivity index (χ2v) is 4.81. The van der Waals surface area contributed by atoms with Crippen molar-refractivity contribution in [2.75, 3.05) is 0 Å². The van der Waals surface area contributed by atoms with Gasteiger partial charge in [-0.05, 0) is 25.1 Å². The van der Waals surface area contributed by atoms with Gasteiger partial charge in [-0.15, -0.1) is 0 Å². The van der Waals surface area contributed by atoms with Crippen LogP contribution in [0.3, 0.4) is 0 Å². The molecule has 0 unspecified atom stereocenters. The first-order chi connectivity index (χ1) is 8.20. The maximum Gasteiger partial charge on any atom is 0.261 e. The van der Waals surface area contributed by atoms with Crippen molar-refractivity contribution in [3.8, 4) is 0 Å². The van der Waals surface area contributed by atoms with E-state index in [4.69, 9.17) is 16.0 Å². The SMILES string of the molecule is CCCc1nc(Cl)c(C)c(Sc2ncco2)n1. The summed E-state index contributed by atoms with van der Waals surface area (Å²) in [5.74, 6) is 0.761. The lowest BCUT2D eigenvalue weighted by molar-refractivity contribution is 0.454. The summed E-state index contributed by atoms with van der Waals surface area (Å²) in [5, 5.41) is 1.86. The van der Waals surface area contributed by atoms with Crippen LogP contribution < -0.4 is 0 Å². The Kier molecular flexibility index (Phi) is 4.02. The second-order valence-electron chi connectivity index (χ2n) is 3.51. The molecule has 6 heteroatoms. The van der Waals surface area contributed by atoms with Crippen LogP contribution in [0.4, 0.5) is 0 Å². The minimum Gasteiger partial charge on any atom is -0.440 e. The number of halogens is 1. The molecule has 0 spiro atoms. The van der Waals surface area contributed by atoms with Gasteiger partial charge in [0.15, 0.2) is 0 Å². The van der Waals surface area contributed by atoms with Crippen molar-refractivity contribution in [3.05, 3.63) is 29.0 Å². The van der Waals surface area contributed by atoms with Gasteiger partial charge in [0.2, 0.25) is 0 Å². The van der Waals surface area contributed by atoms with Gasteiger partial charge >= 0.3 is 0 Å². The number of aromatic nitrogens is 3. The highest BCUT2D eigenvalue weighted by molar-refractivity contribution is 7.99. The molecule has 0 aromatic carbocycles. The van der Waals surface area contributed by atoms with Crippen molar-refractivity contribution in [2.45, 2.75) is 36.9 Å². The van der Waals surface area contributed by atoms with Gasteiger partial charge in [0.1, 0.15) is 22.3 Å². The zero-order chi connectivity index (χ0) is 12.3. The molecule has 2 heterocycles. The summed E-state index contributed by atoms with van der Waals surface area (Å²) >= 11 is 7.44. The number of oxazole rings is 1. The number of hydrogen-bond acceptors (Lipinski definition) is 5. The third kappa shape index (κ3) is 2.98. The first-order valence-corrected chi connectivity index (χ1v) is 6.50. The van der Waals surface area contributed by atoms with Crippen LogP contribution >= 0.6 is 23.4 Å². The van der Waals surface area contributed by atoms with E-state index < -0.39 is 0 Å². The Morgan fingerprint density at radius 3 is 2.88 bits per heavy atom. The predicted molar refractivity (Wildman–Crippen MR) is 66.4 cm³/mol. The van der Waals surface area contributed by atoms with Crippen molar-refractivity contribution in [3.63, 3.8) is 0 Å². The van der Waals surface area contributed by atoms with Crippen LogP contribution in [-0.2, 0) is 6.42 Å². The molecule has 0 saturated carbocycles. The van der Waals surface area contributed by atoms with Crippen LogP contribution in [0.25, 0.3) is 0 Å². The minimum absolute atomic E-state index is 0.498. The molecule has 2 aromatic heterocycles. The topological polar surface area (TPSA) is 51.8 Å². The number of hydrogen-bond donors (Lipinski definition) is 0. The van der Waals surface area contributed by atoms with Crippen LogP contribution in [-0.4, -0.2) is 15.0 Å². The lowest BCUT2D eigenvalue weighted by Gasteiger charge is -2.06. The summed E-state index contributed by atoms with van der Waals surface area (Å²) in [4.78, 5) is 12.8. The van der Waals surface area contributed by atoms with E-state index in [1.807, 2.05) is 6.92 Å². The van der Waals surface area contributed by atoms with Crippen molar-refractivity contribution in [2.24, 2.45) is 0 Å². The van der Waals surface area contributed by atoms with Crippen LogP contribution in [0.5, 0.6) is 0 Å². The van der Waals surface area contributed by atoms with E-state index in [1.165, 1.54) is 18.0 Å². The molecule has 0 radical (unpaired) electrons. The van der Waals surface area contributed by atoms with Crippen molar-refractivity contribution >= 4 is 23.4 Å². The molecule has 0 atom stereocenters. The summed E-state index contributed by atoms with van der Waals surface area (Å²) in [7, 11) is 0. The molecule has 0 N–H and O–H groups in total. The summed E-state index contributed by atoms with van der Waals surface area (Å²) in [6.07, 6.45) is 4.95. The van der Waals surface area contributed by atoms with Crippen LogP contribution in [0.1, 0.15) is 24.7 Å². The number of aryl methyl sites for hydroxylation is 1. The van der Waals surface area contributed by atoms with E-state index in [2.05, 4.69) is 21.9 Å². The second kappa shape index (κ2) is 5.51. The summed E-state index contributed by atoms with van der Waals surface area (Å²) in [5.41, 5.74) is 0.856. The van der Waals surface area contributed by atoms with Gasteiger partial charge in [-0.3, -0.25) is 0 Å². The lowest BCUT2D eigenvalue weighted by Crippen LogP contribution is -1.99. The molecule has 0 bridgehead atoms. The molecule has 0 saturated heterocycles. The monoisotopic (exact) mass is 269 g/mol. The fraction of sp³-hybridized carbons (Fsp3) is 0.364. The predicted octanol–water partition coefficient (Wildman–Crippen LogP) is 3.53. The Bertz CT molecular complexity index is 502. The van der Waals surface area contributed by atoms with Crippen LogP contribution in [0.15, 0.2) is 27.1 Å². The molecule has 2 aromatic rings. The maximum atomic E-state index is 6.08. The van der Waals surface area contributed by atoms with E-state index in [-0.39, 0.29) is 0 Å². The van der Waals surface area contributed by atoms with Crippen molar-refractivity contribution < 1.29 is 4.42 Å². The zero-order valence-electron chi connectivity index (χ0n) is 9.61. The molecule has 0 aliphatic carbocycles. The van der Waals surface area contributed by atoms with E-state index in [1.54, 1.807) is 6.20 Å². The smallest absolute Gasteiger partial charge is 0.261 e. The van der Waals surface area contributed by atoms with Gasteiger partial charge in [0, 0.05) is 12.0 Å². The Hall–Kier alpha value is -1.07. The summed E-state index contributed by atoms with van der Waals surface area (Å²) in [6, 6.07) is 0. The quantitative estimate of drug-likeness (QED) is 0.795. The van der Waals surface area contributed by atoms with Crippen molar-refractivity contribution in [1.82, 2.24) is 15.0 Å². The van der Waals surface area contributed by atoms with E-state index in [0.717, 1.165) is 29.3 Å². The van der Waals surface area contributed by atoms with Crippen LogP contribution in [0, 0.1) is 6.92 Å². The summed E-state index contributed by atoms with van der Waals surface area (Å²) in [6.45, 7) is 3.97. The molecule has 0 fully saturated rings. The molecule has 0 aliphatic heterocycles. The first kappa shape index (κ1) is 12.4. The van der Waals surface area contributed by atoms with E-state index in [0.29, 0.717) is 10.4 Å². The highest BCUT2D eigenvalue weighted by Gasteiger charge is 2.12. The van der Waals surface area contributed by atoms with E-state index >= 15 is 0 Å². The standard InChI is InChI=1S/C11H12ClN3OS/c1-3-4-8-14-9(12)7(2)10(15-8)17-11-13-5-6-16-11/h5-6H,3-4H2,1-2H3. The van der Waals surface area contributed by atoms with Gasteiger partial charge in [0.25, 0.3) is 5.22 Å². The third-order valence-electron chi connectivity index (χ3n) is 2.16. The fourth-order valence-electron chi connectivity index (χ4n) is 1.29. The largest absolute Gasteiger partial charge is 0.440 e. The Morgan fingerprint density at radius 2 is 2.24 bits per heavy atom. The average molecular weight is 270 g/mol. The van der Waals surface area contributed by atoms with Crippen molar-refractivity contribution in [1.29, 1.82) is 0 Å². The highest BCUT2D eigenvalue weighted by atomic mass is 35.5. The lowest BCUT2D eigenvalue weighted by atomic mass is 10.3. The van der Waals surface area contributed by atoms with Gasteiger partial charge in [-0.2, -0.15) is 0 Å². The highest BCUT2D eigenvalue weighted by Crippen LogP contribution is 2.30. The molecule has 2 rings (SSSR count). The Labute approximate surface area is 109 Å². The molecule has 90 valence electrons. The molecule has 0 amide bonds. The van der Waals surface area contributed by atoms with Gasteiger partial charge < -0.3 is 4.42 Å². The molecule has 0 aliphatic rings. The molecule has 17 heavy (non-hydrogen) atoms. The zero-order valence-corrected chi connectivity index (χ0v) is 11.2. The van der Waals surface area contributed by atoms with Gasteiger partial charge in [-0.1, -0.05) is 18.5 Å². The Balaban J connectivity index is 2.31. The molecule has 4 nitrogen and oxygen atoms in total. The summed E-state index contributed by atoms with van der Waals surface area (Å²) < 4.78 is 5.18. The number of nitrogens with zero attached hydrogens (tertiary/aromatic N) is 3. The molecular weight excluding hydrogens is 258 g/mol. The normalized spacial score (nSPS) is 10.8. The fourth-order valence-corrected chi connectivity index (χ4v) is 2.32. The van der Waals surface area contributed by atoms with Crippen LogP contribution in [0.2, 0.25) is 5.15 Å². The van der Waals surface area contributed by atoms with E-state index in [9.17, 15) is 0 Å². The maximum absolute atomic E-state index is 6.08. The van der Waals surface area contributed by atoms with Gasteiger partial charge in [-0.25, -0.2) is 15.0 Å². The third-order valence-corrected chi connectivity index (χ3v) is 3.49. The molecular formula is C11H12ClN3OS. The minimum atomic E-state index is 0.498. The number of rotatable bonds is 4.